The molecule has 2 heterocycles. The maximum Gasteiger partial charge on any atom is 0.111 e. The van der Waals surface area contributed by atoms with Crippen LogP contribution in [0.4, 0.5) is 5.82 Å². The summed E-state index contributed by atoms with van der Waals surface area (Å²) in [5.41, 5.74) is 8.49. The van der Waals surface area contributed by atoms with E-state index in [-0.39, 0.29) is 0 Å². The van der Waals surface area contributed by atoms with Gasteiger partial charge in [0.2, 0.25) is 0 Å². The van der Waals surface area contributed by atoms with E-state index in [9.17, 15) is 0 Å². The Morgan fingerprint density at radius 3 is 2.79 bits per heavy atom. The molecule has 0 amide bonds. The molecule has 2 aromatic rings. The van der Waals surface area contributed by atoms with Gasteiger partial charge in [-0.2, -0.15) is 0 Å². The van der Waals surface area contributed by atoms with Crippen molar-refractivity contribution in [3.63, 3.8) is 0 Å². The fraction of sp³-hybridized carbons (Fsp3) is 0.333. The number of anilines is 1. The molecular formula is C12H16N2. The van der Waals surface area contributed by atoms with Crippen molar-refractivity contribution < 1.29 is 0 Å². The standard InChI is InChI=1S/C12H16N2/c1-9(2)7-10-8-11-5-3-4-6-14(11)12(10)13/h3-6,8-9H,7,13H2,1-2H3. The molecule has 0 saturated carbocycles. The topological polar surface area (TPSA) is 30.4 Å². The maximum atomic E-state index is 6.05. The number of hydrogen-bond acceptors (Lipinski definition) is 1. The van der Waals surface area contributed by atoms with Crippen molar-refractivity contribution in [3.8, 4) is 0 Å². The van der Waals surface area contributed by atoms with E-state index in [1.165, 1.54) is 11.1 Å². The third-order valence-corrected chi connectivity index (χ3v) is 2.43. The Labute approximate surface area is 84.3 Å². The highest BCUT2D eigenvalue weighted by Gasteiger charge is 2.07. The average molecular weight is 188 g/mol. The molecule has 14 heavy (non-hydrogen) atoms. The Kier molecular flexibility index (Phi) is 2.20. The molecule has 0 radical (unpaired) electrons. The number of nitrogens with zero attached hydrogens (tertiary/aromatic N) is 1. The lowest BCUT2D eigenvalue weighted by atomic mass is 10.1. The number of aromatic nitrogens is 1. The zero-order chi connectivity index (χ0) is 10.1. The van der Waals surface area contributed by atoms with Gasteiger partial charge in [0.05, 0.1) is 0 Å². The average Bonchev–Trinajstić information content (AvgIpc) is 2.44. The highest BCUT2D eigenvalue weighted by Crippen LogP contribution is 2.21. The summed E-state index contributed by atoms with van der Waals surface area (Å²) in [6, 6.07) is 8.30. The fourth-order valence-electron chi connectivity index (χ4n) is 1.80. The Bertz CT molecular complexity index is 441. The third kappa shape index (κ3) is 1.48. The van der Waals surface area contributed by atoms with E-state index in [1.54, 1.807) is 0 Å². The lowest BCUT2D eigenvalue weighted by molar-refractivity contribution is 0.649. The summed E-state index contributed by atoms with van der Waals surface area (Å²) < 4.78 is 2.04. The molecule has 2 rings (SSSR count). The van der Waals surface area contributed by atoms with Crippen LogP contribution in [0.1, 0.15) is 19.4 Å². The van der Waals surface area contributed by atoms with Crippen molar-refractivity contribution in [1.29, 1.82) is 0 Å². The highest BCUT2D eigenvalue weighted by molar-refractivity contribution is 5.61. The van der Waals surface area contributed by atoms with E-state index >= 15 is 0 Å². The van der Waals surface area contributed by atoms with Gasteiger partial charge >= 0.3 is 0 Å². The van der Waals surface area contributed by atoms with E-state index < -0.39 is 0 Å². The second kappa shape index (κ2) is 3.37. The van der Waals surface area contributed by atoms with E-state index in [0.29, 0.717) is 5.92 Å². The van der Waals surface area contributed by atoms with E-state index in [1.807, 2.05) is 22.7 Å². The van der Waals surface area contributed by atoms with E-state index in [0.717, 1.165) is 12.2 Å². The predicted molar refractivity (Wildman–Crippen MR) is 60.4 cm³/mol. The lowest BCUT2D eigenvalue weighted by Gasteiger charge is -2.03. The van der Waals surface area contributed by atoms with Crippen LogP contribution in [-0.4, -0.2) is 4.40 Å². The molecule has 74 valence electrons. The van der Waals surface area contributed by atoms with Crippen molar-refractivity contribution in [3.05, 3.63) is 36.0 Å². The predicted octanol–water partition coefficient (Wildman–Crippen LogP) is 2.72. The molecule has 2 N–H and O–H groups in total. The molecule has 2 nitrogen and oxygen atoms in total. The van der Waals surface area contributed by atoms with Gasteiger partial charge in [-0.1, -0.05) is 19.9 Å². The van der Waals surface area contributed by atoms with Gasteiger partial charge in [-0.15, -0.1) is 0 Å². The highest BCUT2D eigenvalue weighted by atomic mass is 15.0. The summed E-state index contributed by atoms with van der Waals surface area (Å²) in [5.74, 6) is 1.53. The van der Waals surface area contributed by atoms with Crippen LogP contribution in [0.15, 0.2) is 30.5 Å². The summed E-state index contributed by atoms with van der Waals surface area (Å²) in [6.45, 7) is 4.42. The number of pyridine rings is 1. The zero-order valence-electron chi connectivity index (χ0n) is 8.70. The Morgan fingerprint density at radius 2 is 2.14 bits per heavy atom. The monoisotopic (exact) mass is 188 g/mol. The van der Waals surface area contributed by atoms with Gasteiger partial charge in [-0.3, -0.25) is 0 Å². The molecule has 0 fully saturated rings. The first kappa shape index (κ1) is 9.13. The summed E-state index contributed by atoms with van der Waals surface area (Å²) in [4.78, 5) is 0. The number of nitrogens with two attached hydrogens (primary N) is 1. The number of hydrogen-bond donors (Lipinski definition) is 1. The molecule has 0 saturated heterocycles. The van der Waals surface area contributed by atoms with Gasteiger partial charge < -0.3 is 10.1 Å². The minimum absolute atomic E-state index is 0.648. The van der Waals surface area contributed by atoms with Crippen LogP contribution in [0.3, 0.4) is 0 Å². The molecule has 0 aliphatic heterocycles. The summed E-state index contributed by atoms with van der Waals surface area (Å²) >= 11 is 0. The van der Waals surface area contributed by atoms with Crippen LogP contribution in [-0.2, 0) is 6.42 Å². The maximum absolute atomic E-state index is 6.05. The second-order valence-corrected chi connectivity index (χ2v) is 4.15. The molecule has 0 aliphatic rings. The number of nitrogen functional groups attached to an aromatic ring is 1. The molecule has 0 unspecified atom stereocenters. The van der Waals surface area contributed by atoms with Gasteiger partial charge in [-0.05, 0) is 36.1 Å². The summed E-state index contributed by atoms with van der Waals surface area (Å²) in [5, 5.41) is 0. The van der Waals surface area contributed by atoms with Crippen molar-refractivity contribution in [2.75, 3.05) is 5.73 Å². The van der Waals surface area contributed by atoms with Crippen LogP contribution < -0.4 is 5.73 Å². The van der Waals surface area contributed by atoms with Gasteiger partial charge in [0.15, 0.2) is 0 Å². The van der Waals surface area contributed by atoms with Crippen molar-refractivity contribution in [2.24, 2.45) is 5.92 Å². The summed E-state index contributed by atoms with van der Waals surface area (Å²) in [7, 11) is 0. The third-order valence-electron chi connectivity index (χ3n) is 2.43. The van der Waals surface area contributed by atoms with Crippen molar-refractivity contribution in [2.45, 2.75) is 20.3 Å². The molecule has 2 aromatic heterocycles. The fourth-order valence-corrected chi connectivity index (χ4v) is 1.80. The molecule has 2 heteroatoms. The molecule has 0 aromatic carbocycles. The Hall–Kier alpha value is -1.44. The molecule has 0 spiro atoms. The first-order chi connectivity index (χ1) is 6.68. The normalized spacial score (nSPS) is 11.4. The van der Waals surface area contributed by atoms with Gasteiger partial charge in [-0.25, -0.2) is 0 Å². The minimum atomic E-state index is 0.648. The zero-order valence-corrected chi connectivity index (χ0v) is 8.70. The minimum Gasteiger partial charge on any atom is -0.385 e. The first-order valence-electron chi connectivity index (χ1n) is 5.03. The lowest BCUT2D eigenvalue weighted by Crippen LogP contribution is -1.99. The number of rotatable bonds is 2. The van der Waals surface area contributed by atoms with Crippen LogP contribution in [0.2, 0.25) is 0 Å². The molecule has 0 bridgehead atoms. The van der Waals surface area contributed by atoms with Gasteiger partial charge in [0, 0.05) is 11.7 Å². The van der Waals surface area contributed by atoms with Gasteiger partial charge in [0.1, 0.15) is 5.82 Å². The summed E-state index contributed by atoms with van der Waals surface area (Å²) in [6.07, 6.45) is 3.06. The number of fused-ring (bicyclic) bond motifs is 1. The van der Waals surface area contributed by atoms with Crippen LogP contribution >= 0.6 is 0 Å². The van der Waals surface area contributed by atoms with Crippen LogP contribution in [0, 0.1) is 5.92 Å². The molecular weight excluding hydrogens is 172 g/mol. The molecule has 0 aliphatic carbocycles. The largest absolute Gasteiger partial charge is 0.385 e. The van der Waals surface area contributed by atoms with Crippen molar-refractivity contribution >= 4 is 11.3 Å². The molecule has 0 atom stereocenters. The van der Waals surface area contributed by atoms with Gasteiger partial charge in [0.25, 0.3) is 0 Å². The Morgan fingerprint density at radius 1 is 1.36 bits per heavy atom. The SMILES string of the molecule is CC(C)Cc1cc2ccccn2c1N. The second-order valence-electron chi connectivity index (χ2n) is 4.15. The smallest absolute Gasteiger partial charge is 0.111 e. The van der Waals surface area contributed by atoms with Crippen LogP contribution in [0.25, 0.3) is 5.52 Å². The van der Waals surface area contributed by atoms with E-state index in [2.05, 4.69) is 26.0 Å². The Balaban J connectivity index is 2.51. The quantitative estimate of drug-likeness (QED) is 0.771. The van der Waals surface area contributed by atoms with Crippen LogP contribution in [0.5, 0.6) is 0 Å². The first-order valence-corrected chi connectivity index (χ1v) is 5.03. The van der Waals surface area contributed by atoms with Crippen molar-refractivity contribution in [1.82, 2.24) is 4.40 Å². The van der Waals surface area contributed by atoms with E-state index in [4.69, 9.17) is 5.73 Å².